The molecule has 0 spiro atoms. The van der Waals surface area contributed by atoms with Crippen molar-refractivity contribution in [1.29, 1.82) is 0 Å². The minimum Gasteiger partial charge on any atom is -0.497 e. The number of β-lactam (4-membered cyclic amide) rings is 1. The van der Waals surface area contributed by atoms with Gasteiger partial charge in [0.15, 0.2) is 6.10 Å². The fraction of sp³-hybridized carbons (Fsp3) is 0.194. The first-order valence-electron chi connectivity index (χ1n) is 14.6. The van der Waals surface area contributed by atoms with Crippen molar-refractivity contribution in [2.45, 2.75) is 30.4 Å². The van der Waals surface area contributed by atoms with Crippen LogP contribution in [0.15, 0.2) is 127 Å². The summed E-state index contributed by atoms with van der Waals surface area (Å²) in [6.07, 6.45) is -0.380. The number of carbonyl (C=O) groups excluding carboxylic acids is 3. The average molecular weight is 621 g/mol. The number of hydrogen-bond acceptors (Lipinski definition) is 6. The second kappa shape index (κ2) is 13.3. The molecule has 0 aliphatic carbocycles. The second-order valence-electron chi connectivity index (χ2n) is 10.9. The molecule has 1 saturated heterocycles. The Kier molecular flexibility index (Phi) is 8.89. The number of hydrogen-bond donors (Lipinski definition) is 1. The minimum atomic E-state index is -1.57. The number of nitrogens with one attached hydrogen (secondary N) is 1. The zero-order valence-corrected chi connectivity index (χ0v) is 25.4. The summed E-state index contributed by atoms with van der Waals surface area (Å²) in [6.45, 7) is 0. The Balaban J connectivity index is 1.32. The highest BCUT2D eigenvalue weighted by atomic mass is 32.2. The number of methoxy groups -OCH3 is 1. The molecule has 2 unspecified atom stereocenters. The molecule has 0 aromatic heterocycles. The van der Waals surface area contributed by atoms with Gasteiger partial charge in [-0.3, -0.25) is 18.7 Å². The molecule has 0 saturated carbocycles. The molecule has 1 N–H and O–H groups in total. The van der Waals surface area contributed by atoms with Crippen LogP contribution in [0.3, 0.4) is 0 Å². The van der Waals surface area contributed by atoms with Crippen LogP contribution in [-0.2, 0) is 42.8 Å². The number of rotatable bonds is 10. The van der Waals surface area contributed by atoms with Crippen LogP contribution in [0.25, 0.3) is 0 Å². The van der Waals surface area contributed by atoms with Gasteiger partial charge in [0, 0.05) is 5.75 Å². The summed E-state index contributed by atoms with van der Waals surface area (Å²) in [5.74, 6) is -0.816. The molecule has 45 heavy (non-hydrogen) atoms. The molecule has 9 heteroatoms. The summed E-state index contributed by atoms with van der Waals surface area (Å²) in [5.41, 5.74) is 3.79. The van der Waals surface area contributed by atoms with Crippen LogP contribution in [0.1, 0.15) is 28.4 Å². The molecular formula is C36H32N2O6S. The van der Waals surface area contributed by atoms with E-state index >= 15 is 0 Å². The average Bonchev–Trinajstić information content (AvgIpc) is 3.07. The molecule has 0 bridgehead atoms. The van der Waals surface area contributed by atoms with Crippen molar-refractivity contribution < 1.29 is 28.1 Å². The molecule has 3 atom stereocenters. The van der Waals surface area contributed by atoms with Crippen molar-refractivity contribution in [3.63, 3.8) is 0 Å². The van der Waals surface area contributed by atoms with E-state index in [0.29, 0.717) is 11.3 Å². The quantitative estimate of drug-likeness (QED) is 0.207. The fourth-order valence-corrected chi connectivity index (χ4v) is 7.41. The van der Waals surface area contributed by atoms with E-state index in [4.69, 9.17) is 9.47 Å². The van der Waals surface area contributed by atoms with E-state index in [0.717, 1.165) is 22.3 Å². The van der Waals surface area contributed by atoms with Crippen LogP contribution in [-0.4, -0.2) is 51.2 Å². The second-order valence-corrected chi connectivity index (χ2v) is 12.4. The number of ether oxygens (including phenoxy) is 2. The van der Waals surface area contributed by atoms with E-state index in [9.17, 15) is 18.6 Å². The van der Waals surface area contributed by atoms with Crippen molar-refractivity contribution in [3.8, 4) is 5.75 Å². The molecule has 1 fully saturated rings. The summed E-state index contributed by atoms with van der Waals surface area (Å²) < 4.78 is 25.1. The topological polar surface area (TPSA) is 102 Å². The molecule has 4 aromatic rings. The lowest BCUT2D eigenvalue weighted by atomic mass is 9.98. The van der Waals surface area contributed by atoms with Crippen molar-refractivity contribution >= 4 is 28.6 Å². The first-order valence-corrected chi connectivity index (χ1v) is 16.0. The maximum Gasteiger partial charge on any atom is 0.356 e. The smallest absolute Gasteiger partial charge is 0.356 e. The van der Waals surface area contributed by atoms with E-state index in [1.807, 2.05) is 115 Å². The summed E-state index contributed by atoms with van der Waals surface area (Å²) in [5, 5.41) is 1.88. The Morgan fingerprint density at radius 2 is 1.42 bits per heavy atom. The third-order valence-electron chi connectivity index (χ3n) is 7.93. The van der Waals surface area contributed by atoms with Crippen molar-refractivity contribution in [3.05, 3.63) is 149 Å². The van der Waals surface area contributed by atoms with Gasteiger partial charge in [-0.05, 0) is 46.4 Å². The van der Waals surface area contributed by atoms with E-state index in [1.165, 1.54) is 4.90 Å². The highest BCUT2D eigenvalue weighted by molar-refractivity contribution is 7.86. The van der Waals surface area contributed by atoms with Gasteiger partial charge in [0.1, 0.15) is 22.9 Å². The third-order valence-corrected chi connectivity index (χ3v) is 9.58. The van der Waals surface area contributed by atoms with Crippen LogP contribution < -0.4 is 10.1 Å². The molecule has 0 radical (unpaired) electrons. The van der Waals surface area contributed by atoms with Crippen LogP contribution in [0.4, 0.5) is 0 Å². The van der Waals surface area contributed by atoms with Gasteiger partial charge >= 0.3 is 5.97 Å². The minimum absolute atomic E-state index is 0.0529. The predicted octanol–water partition coefficient (Wildman–Crippen LogP) is 4.48. The maximum absolute atomic E-state index is 14.2. The SMILES string of the molecule is COc1ccc(CC2=C(C(=O)OC(c3ccccc3)c3ccccc3)N3C(=O)C(NC(=O)Cc4ccccc4)[C@H]3S(=O)C2)cc1. The van der Waals surface area contributed by atoms with Crippen LogP contribution in [0.2, 0.25) is 0 Å². The Morgan fingerprint density at radius 3 is 2.00 bits per heavy atom. The Labute approximate surface area is 264 Å². The molecule has 2 aliphatic rings. The van der Waals surface area contributed by atoms with Crippen molar-refractivity contribution in [2.75, 3.05) is 12.9 Å². The van der Waals surface area contributed by atoms with Crippen LogP contribution in [0, 0.1) is 0 Å². The zero-order chi connectivity index (χ0) is 31.3. The maximum atomic E-state index is 14.2. The highest BCUT2D eigenvalue weighted by Gasteiger charge is 2.57. The number of esters is 1. The molecule has 2 heterocycles. The number of fused-ring (bicyclic) bond motifs is 1. The molecule has 4 aromatic carbocycles. The predicted molar refractivity (Wildman–Crippen MR) is 170 cm³/mol. The number of benzene rings is 4. The molecule has 6 rings (SSSR count). The van der Waals surface area contributed by atoms with Gasteiger partial charge in [0.25, 0.3) is 5.91 Å². The van der Waals surface area contributed by atoms with Crippen LogP contribution in [0.5, 0.6) is 5.75 Å². The summed E-state index contributed by atoms with van der Waals surface area (Å²) in [4.78, 5) is 42.0. The van der Waals surface area contributed by atoms with Gasteiger partial charge in [0.2, 0.25) is 5.91 Å². The standard InChI is InChI=1S/C36H32N2O6S/c1-43-29-19-17-25(18-20-29)21-28-23-45(42)35-31(37-30(39)22-24-11-5-2-6-12-24)34(40)38(35)32(28)36(41)44-33(26-13-7-3-8-14-26)27-15-9-4-10-16-27/h2-20,31,33,35H,21-23H2,1H3,(H,37,39)/t31?,35-,45?/m1/s1. The Morgan fingerprint density at radius 1 is 0.844 bits per heavy atom. The number of nitrogens with zero attached hydrogens (tertiary/aromatic N) is 1. The lowest BCUT2D eigenvalue weighted by molar-refractivity contribution is -0.154. The normalized spacial score (nSPS) is 19.0. The molecule has 2 aliphatic heterocycles. The number of carbonyl (C=O) groups is 3. The first-order chi connectivity index (χ1) is 21.9. The van der Waals surface area contributed by atoms with Gasteiger partial charge in [-0.15, -0.1) is 0 Å². The lowest BCUT2D eigenvalue weighted by Gasteiger charge is -2.49. The highest BCUT2D eigenvalue weighted by Crippen LogP contribution is 2.38. The largest absolute Gasteiger partial charge is 0.497 e. The van der Waals surface area contributed by atoms with Crippen LogP contribution >= 0.6 is 0 Å². The van der Waals surface area contributed by atoms with Gasteiger partial charge in [-0.25, -0.2) is 4.79 Å². The Hall–Kier alpha value is -5.02. The summed E-state index contributed by atoms with van der Waals surface area (Å²) in [7, 11) is 0.00638. The lowest BCUT2D eigenvalue weighted by Crippen LogP contribution is -2.73. The van der Waals surface area contributed by atoms with Crippen molar-refractivity contribution in [2.24, 2.45) is 0 Å². The van der Waals surface area contributed by atoms with E-state index < -0.39 is 40.2 Å². The number of amides is 2. The van der Waals surface area contributed by atoms with E-state index in [2.05, 4.69) is 5.32 Å². The van der Waals surface area contributed by atoms with Crippen molar-refractivity contribution in [1.82, 2.24) is 10.2 Å². The molecular weight excluding hydrogens is 588 g/mol. The van der Waals surface area contributed by atoms with Gasteiger partial charge in [-0.2, -0.15) is 0 Å². The zero-order valence-electron chi connectivity index (χ0n) is 24.6. The van der Waals surface area contributed by atoms with Gasteiger partial charge < -0.3 is 14.8 Å². The first kappa shape index (κ1) is 30.0. The molecule has 228 valence electrons. The monoisotopic (exact) mass is 620 g/mol. The summed E-state index contributed by atoms with van der Waals surface area (Å²) >= 11 is 0. The van der Waals surface area contributed by atoms with Gasteiger partial charge in [0.05, 0.1) is 24.3 Å². The molecule has 2 amide bonds. The Bertz CT molecular complexity index is 1700. The van der Waals surface area contributed by atoms with E-state index in [1.54, 1.807) is 7.11 Å². The van der Waals surface area contributed by atoms with Gasteiger partial charge in [-0.1, -0.05) is 103 Å². The fourth-order valence-electron chi connectivity index (χ4n) is 5.72. The molecule has 8 nitrogen and oxygen atoms in total. The third kappa shape index (κ3) is 6.44. The van der Waals surface area contributed by atoms with E-state index in [-0.39, 0.29) is 30.2 Å². The summed E-state index contributed by atoms with van der Waals surface area (Å²) in [6, 6.07) is 34.3.